The number of rotatable bonds is 4. The SMILES string of the molecule is C=COC(=O)C(C)C=CC(=O)O. The summed E-state index contributed by atoms with van der Waals surface area (Å²) in [6.45, 7) is 4.73. The van der Waals surface area contributed by atoms with Crippen LogP contribution in [0.4, 0.5) is 0 Å². The van der Waals surface area contributed by atoms with Gasteiger partial charge in [-0.1, -0.05) is 12.7 Å². The van der Waals surface area contributed by atoms with Crippen molar-refractivity contribution in [2.45, 2.75) is 6.92 Å². The highest BCUT2D eigenvalue weighted by Gasteiger charge is 2.09. The predicted molar refractivity (Wildman–Crippen MR) is 42.2 cm³/mol. The Morgan fingerprint density at radius 3 is 2.58 bits per heavy atom. The van der Waals surface area contributed by atoms with Gasteiger partial charge in [-0.3, -0.25) is 4.79 Å². The van der Waals surface area contributed by atoms with Crippen molar-refractivity contribution < 1.29 is 19.4 Å². The standard InChI is InChI=1S/C8H10O4/c1-3-12-8(11)6(2)4-5-7(9)10/h3-6H,1H2,2H3,(H,9,10). The van der Waals surface area contributed by atoms with Crippen LogP contribution in [0.15, 0.2) is 25.0 Å². The van der Waals surface area contributed by atoms with E-state index in [4.69, 9.17) is 5.11 Å². The molecule has 0 fully saturated rings. The lowest BCUT2D eigenvalue weighted by molar-refractivity contribution is -0.140. The number of esters is 1. The first-order chi connectivity index (χ1) is 5.57. The van der Waals surface area contributed by atoms with Crippen LogP contribution < -0.4 is 0 Å². The van der Waals surface area contributed by atoms with Crippen LogP contribution in [0.5, 0.6) is 0 Å². The van der Waals surface area contributed by atoms with Gasteiger partial charge in [0.2, 0.25) is 0 Å². The van der Waals surface area contributed by atoms with Crippen LogP contribution in [0.2, 0.25) is 0 Å². The number of hydrogen-bond acceptors (Lipinski definition) is 3. The highest BCUT2D eigenvalue weighted by Crippen LogP contribution is 2.00. The minimum Gasteiger partial charge on any atom is -0.478 e. The number of ether oxygens (including phenoxy) is 1. The Hall–Kier alpha value is -1.58. The van der Waals surface area contributed by atoms with Crippen LogP contribution in [-0.4, -0.2) is 17.0 Å². The Bertz CT molecular complexity index is 217. The summed E-state index contributed by atoms with van der Waals surface area (Å²) in [5, 5.41) is 8.21. The van der Waals surface area contributed by atoms with Gasteiger partial charge < -0.3 is 9.84 Å². The summed E-state index contributed by atoms with van der Waals surface area (Å²) < 4.78 is 4.42. The van der Waals surface area contributed by atoms with Crippen molar-refractivity contribution in [3.8, 4) is 0 Å². The monoisotopic (exact) mass is 170 g/mol. The largest absolute Gasteiger partial charge is 0.478 e. The van der Waals surface area contributed by atoms with Crippen molar-refractivity contribution in [3.63, 3.8) is 0 Å². The van der Waals surface area contributed by atoms with E-state index in [0.717, 1.165) is 12.3 Å². The third kappa shape index (κ3) is 4.27. The summed E-state index contributed by atoms with van der Waals surface area (Å²) in [7, 11) is 0. The van der Waals surface area contributed by atoms with E-state index in [1.165, 1.54) is 13.0 Å². The van der Waals surface area contributed by atoms with Gasteiger partial charge in [-0.25, -0.2) is 4.79 Å². The highest BCUT2D eigenvalue weighted by atomic mass is 16.5. The zero-order chi connectivity index (χ0) is 9.56. The molecule has 0 rings (SSSR count). The first-order valence-electron chi connectivity index (χ1n) is 3.30. The lowest BCUT2D eigenvalue weighted by atomic mass is 10.2. The number of carboxylic acid groups (broad SMARTS) is 1. The molecule has 0 amide bonds. The molecule has 0 saturated carbocycles. The molecule has 66 valence electrons. The van der Waals surface area contributed by atoms with Gasteiger partial charge >= 0.3 is 11.9 Å². The van der Waals surface area contributed by atoms with E-state index in [1.807, 2.05) is 0 Å². The maximum absolute atomic E-state index is 10.8. The second-order valence-electron chi connectivity index (χ2n) is 2.09. The molecule has 0 aliphatic heterocycles. The Kier molecular flexibility index (Phi) is 4.45. The van der Waals surface area contributed by atoms with E-state index in [9.17, 15) is 9.59 Å². The molecule has 4 heteroatoms. The zero-order valence-electron chi connectivity index (χ0n) is 6.69. The van der Waals surface area contributed by atoms with Crippen LogP contribution in [-0.2, 0) is 14.3 Å². The Morgan fingerprint density at radius 2 is 2.17 bits per heavy atom. The molecule has 0 spiro atoms. The third-order valence-electron chi connectivity index (χ3n) is 1.10. The fourth-order valence-corrected chi connectivity index (χ4v) is 0.495. The normalized spacial score (nSPS) is 12.4. The van der Waals surface area contributed by atoms with Crippen molar-refractivity contribution in [2.24, 2.45) is 5.92 Å². The molecule has 0 aliphatic carbocycles. The van der Waals surface area contributed by atoms with Crippen LogP contribution in [0.1, 0.15) is 6.92 Å². The second-order valence-corrected chi connectivity index (χ2v) is 2.09. The minimum atomic E-state index is -1.09. The van der Waals surface area contributed by atoms with Gasteiger partial charge in [-0.15, -0.1) is 0 Å². The van der Waals surface area contributed by atoms with Gasteiger partial charge in [-0.2, -0.15) is 0 Å². The molecule has 0 radical (unpaired) electrons. The van der Waals surface area contributed by atoms with E-state index in [0.29, 0.717) is 0 Å². The average Bonchev–Trinajstić information content (AvgIpc) is 2.00. The van der Waals surface area contributed by atoms with Crippen molar-refractivity contribution in [1.82, 2.24) is 0 Å². The number of carbonyl (C=O) groups excluding carboxylic acids is 1. The molecule has 0 aromatic heterocycles. The van der Waals surface area contributed by atoms with Crippen LogP contribution >= 0.6 is 0 Å². The molecular formula is C8H10O4. The molecule has 0 aromatic carbocycles. The number of aliphatic carboxylic acids is 1. The summed E-state index contributed by atoms with van der Waals surface area (Å²) in [5.74, 6) is -2.19. The number of carbonyl (C=O) groups is 2. The Labute approximate surface area is 70.1 Å². The number of hydrogen-bond donors (Lipinski definition) is 1. The molecule has 0 bridgehead atoms. The molecule has 1 atom stereocenters. The molecule has 12 heavy (non-hydrogen) atoms. The topological polar surface area (TPSA) is 63.6 Å². The summed E-state index contributed by atoms with van der Waals surface area (Å²) >= 11 is 0. The molecular weight excluding hydrogens is 160 g/mol. The Morgan fingerprint density at radius 1 is 1.58 bits per heavy atom. The first-order valence-corrected chi connectivity index (χ1v) is 3.30. The van der Waals surface area contributed by atoms with Gasteiger partial charge in [0.05, 0.1) is 12.2 Å². The van der Waals surface area contributed by atoms with Crippen LogP contribution in [0.3, 0.4) is 0 Å². The van der Waals surface area contributed by atoms with E-state index < -0.39 is 17.9 Å². The molecule has 1 unspecified atom stereocenters. The summed E-state index contributed by atoms with van der Waals surface area (Å²) in [5.41, 5.74) is 0. The second kappa shape index (κ2) is 5.12. The zero-order valence-corrected chi connectivity index (χ0v) is 6.69. The quantitative estimate of drug-likeness (QED) is 0.387. The van der Waals surface area contributed by atoms with Gasteiger partial charge in [0.25, 0.3) is 0 Å². The van der Waals surface area contributed by atoms with Crippen LogP contribution in [0.25, 0.3) is 0 Å². The van der Waals surface area contributed by atoms with Crippen molar-refractivity contribution >= 4 is 11.9 Å². The average molecular weight is 170 g/mol. The summed E-state index contributed by atoms with van der Waals surface area (Å²) in [4.78, 5) is 20.8. The summed E-state index contributed by atoms with van der Waals surface area (Å²) in [6.07, 6.45) is 3.15. The van der Waals surface area contributed by atoms with Gasteiger partial charge in [0.15, 0.2) is 0 Å². The van der Waals surface area contributed by atoms with Crippen molar-refractivity contribution in [1.29, 1.82) is 0 Å². The maximum Gasteiger partial charge on any atom is 0.328 e. The van der Waals surface area contributed by atoms with Gasteiger partial charge in [0.1, 0.15) is 0 Å². The van der Waals surface area contributed by atoms with E-state index in [1.54, 1.807) is 0 Å². The van der Waals surface area contributed by atoms with E-state index in [2.05, 4.69) is 11.3 Å². The van der Waals surface area contributed by atoms with Gasteiger partial charge in [-0.05, 0) is 6.92 Å². The highest BCUT2D eigenvalue weighted by molar-refractivity contribution is 5.82. The molecule has 4 nitrogen and oxygen atoms in total. The molecule has 0 aromatic rings. The molecule has 0 heterocycles. The number of carboxylic acids is 1. The van der Waals surface area contributed by atoms with Crippen molar-refractivity contribution in [3.05, 3.63) is 25.0 Å². The van der Waals surface area contributed by atoms with E-state index >= 15 is 0 Å². The smallest absolute Gasteiger partial charge is 0.328 e. The van der Waals surface area contributed by atoms with E-state index in [-0.39, 0.29) is 0 Å². The maximum atomic E-state index is 10.8. The molecule has 1 N–H and O–H groups in total. The minimum absolute atomic E-state index is 0.525. The fraction of sp³-hybridized carbons (Fsp3) is 0.250. The van der Waals surface area contributed by atoms with Gasteiger partial charge in [0, 0.05) is 6.08 Å². The first kappa shape index (κ1) is 10.4. The lowest BCUT2D eigenvalue weighted by Gasteiger charge is -2.01. The van der Waals surface area contributed by atoms with Crippen LogP contribution in [0, 0.1) is 5.92 Å². The Balaban J connectivity index is 4.02. The fourth-order valence-electron chi connectivity index (χ4n) is 0.495. The van der Waals surface area contributed by atoms with Crippen molar-refractivity contribution in [2.75, 3.05) is 0 Å². The lowest BCUT2D eigenvalue weighted by Crippen LogP contribution is -2.09. The third-order valence-corrected chi connectivity index (χ3v) is 1.10. The molecule has 0 aliphatic rings. The molecule has 0 saturated heterocycles. The predicted octanol–water partition coefficient (Wildman–Crippen LogP) is 0.950. The summed E-state index contributed by atoms with van der Waals surface area (Å²) in [6, 6.07) is 0.